The van der Waals surface area contributed by atoms with Gasteiger partial charge in [-0.15, -0.1) is 22.7 Å². The molecule has 20 heteroatoms. The van der Waals surface area contributed by atoms with Crippen molar-refractivity contribution in [1.29, 1.82) is 0 Å². The van der Waals surface area contributed by atoms with E-state index in [0.717, 1.165) is 28.1 Å². The number of thiazole rings is 2. The number of nitrogens with one attached hydrogen (secondary N) is 2. The molecule has 2 saturated heterocycles. The third kappa shape index (κ3) is 11.4. The first-order valence-electron chi connectivity index (χ1n) is 17.5. The van der Waals surface area contributed by atoms with Crippen LogP contribution in [0.1, 0.15) is 72.8 Å². The second kappa shape index (κ2) is 18.7. The zero-order chi connectivity index (χ0) is 39.9. The Balaban J connectivity index is 1.51. The number of aromatic nitrogens is 2. The molecule has 0 bridgehead atoms. The highest BCUT2D eigenvalue weighted by molar-refractivity contribution is 7.10. The van der Waals surface area contributed by atoms with Crippen molar-refractivity contribution >= 4 is 52.3 Å². The van der Waals surface area contributed by atoms with Crippen LogP contribution in [-0.2, 0) is 46.0 Å². The summed E-state index contributed by atoms with van der Waals surface area (Å²) in [5.41, 5.74) is -1.16. The fourth-order valence-electron chi connectivity index (χ4n) is 6.18. The minimum absolute atomic E-state index is 0.0690. The predicted octanol–water partition coefficient (Wildman–Crippen LogP) is 3.01. The number of esters is 1. The molecule has 0 aromatic carbocycles. The minimum atomic E-state index is -4.65. The van der Waals surface area contributed by atoms with E-state index in [-0.39, 0.29) is 65.2 Å². The number of hydrogen-bond donors (Lipinski definition) is 3. The third-order valence-corrected chi connectivity index (χ3v) is 11.3. The maximum Gasteiger partial charge on any atom is 0.434 e. The van der Waals surface area contributed by atoms with Crippen LogP contribution in [0.4, 0.5) is 13.2 Å². The topological polar surface area (TPSA) is 190 Å². The third-order valence-electron chi connectivity index (χ3n) is 9.46. The molecule has 6 atom stereocenters. The molecule has 2 fully saturated rings. The number of morpholine rings is 1. The van der Waals surface area contributed by atoms with Gasteiger partial charge in [-0.2, -0.15) is 13.2 Å². The number of aliphatic carboxylic acids is 1. The van der Waals surface area contributed by atoms with E-state index in [1.54, 1.807) is 7.05 Å². The highest BCUT2D eigenvalue weighted by Crippen LogP contribution is 2.32. The van der Waals surface area contributed by atoms with Gasteiger partial charge in [0, 0.05) is 62.1 Å². The van der Waals surface area contributed by atoms with Crippen LogP contribution in [0.25, 0.3) is 0 Å². The molecule has 2 aromatic rings. The highest BCUT2D eigenvalue weighted by atomic mass is 32.1. The Morgan fingerprint density at radius 3 is 2.31 bits per heavy atom. The van der Waals surface area contributed by atoms with Gasteiger partial charge in [-0.3, -0.25) is 28.9 Å². The first kappa shape index (κ1) is 43.0. The van der Waals surface area contributed by atoms with Gasteiger partial charge in [-0.25, -0.2) is 9.97 Å². The average molecular weight is 805 g/mol. The summed E-state index contributed by atoms with van der Waals surface area (Å²) in [5.74, 6) is -4.51. The van der Waals surface area contributed by atoms with Crippen LogP contribution in [0, 0.1) is 17.8 Å². The van der Waals surface area contributed by atoms with E-state index in [0.29, 0.717) is 26.4 Å². The first-order valence-corrected chi connectivity index (χ1v) is 19.2. The van der Waals surface area contributed by atoms with Crippen LogP contribution < -0.4 is 10.6 Å². The van der Waals surface area contributed by atoms with Crippen molar-refractivity contribution in [2.45, 2.75) is 83.4 Å². The molecule has 300 valence electrons. The smallest absolute Gasteiger partial charge is 0.434 e. The van der Waals surface area contributed by atoms with Gasteiger partial charge in [-0.05, 0) is 19.4 Å². The second-order valence-electron chi connectivity index (χ2n) is 14.0. The SMILES string of the molecule is CC(=O)O[C@H](C[C@H](C(C)C)N(C)C(=O)[C@@H](NC(=O)[C@H]1COCCN1C)C1COC1)c1nc(C(=O)N[C@@H](Cc2nc(C(F)(F)F)cs2)C[C@H](C)C(=O)O)cs1. The van der Waals surface area contributed by atoms with Gasteiger partial charge in [0.15, 0.2) is 11.8 Å². The number of nitrogens with zero attached hydrogens (tertiary/aromatic N) is 4. The number of rotatable bonds is 17. The summed E-state index contributed by atoms with van der Waals surface area (Å²) in [6, 6.07) is -2.85. The molecule has 2 aliphatic heterocycles. The molecule has 2 aromatic heterocycles. The predicted molar refractivity (Wildman–Crippen MR) is 190 cm³/mol. The van der Waals surface area contributed by atoms with E-state index in [2.05, 4.69) is 20.6 Å². The first-order chi connectivity index (χ1) is 25.3. The van der Waals surface area contributed by atoms with Gasteiger partial charge in [0.2, 0.25) is 11.8 Å². The number of hydrogen-bond acceptors (Lipinski definition) is 13. The lowest BCUT2D eigenvalue weighted by atomic mass is 9.92. The fraction of sp³-hybridized carbons (Fsp3) is 0.676. The molecular formula is C34H47F3N6O9S2. The van der Waals surface area contributed by atoms with Gasteiger partial charge in [0.1, 0.15) is 22.8 Å². The molecule has 54 heavy (non-hydrogen) atoms. The van der Waals surface area contributed by atoms with Crippen molar-refractivity contribution < 1.29 is 56.5 Å². The zero-order valence-electron chi connectivity index (χ0n) is 30.9. The number of halogens is 3. The average Bonchev–Trinajstić information content (AvgIpc) is 3.75. The normalized spacial score (nSPS) is 19.6. The Kier molecular flexibility index (Phi) is 14.9. The molecule has 3 amide bonds. The summed E-state index contributed by atoms with van der Waals surface area (Å²) >= 11 is 1.79. The van der Waals surface area contributed by atoms with Crippen molar-refractivity contribution in [2.24, 2.45) is 17.8 Å². The fourth-order valence-corrected chi connectivity index (χ4v) is 7.91. The Bertz CT molecular complexity index is 1640. The van der Waals surface area contributed by atoms with E-state index in [1.807, 2.05) is 25.8 Å². The van der Waals surface area contributed by atoms with E-state index in [1.165, 1.54) is 24.1 Å². The van der Waals surface area contributed by atoms with Gasteiger partial charge in [0.25, 0.3) is 5.91 Å². The summed E-state index contributed by atoms with van der Waals surface area (Å²) < 4.78 is 56.0. The number of likely N-dealkylation sites (N-methyl/N-ethyl adjacent to an activating group) is 2. The quantitative estimate of drug-likeness (QED) is 0.199. The Labute approximate surface area is 318 Å². The van der Waals surface area contributed by atoms with Crippen molar-refractivity contribution in [3.05, 3.63) is 32.2 Å². The molecule has 0 saturated carbocycles. The summed E-state index contributed by atoms with van der Waals surface area (Å²) in [6.45, 7) is 8.29. The highest BCUT2D eigenvalue weighted by Gasteiger charge is 2.41. The number of carbonyl (C=O) groups is 5. The lowest BCUT2D eigenvalue weighted by molar-refractivity contribution is -0.152. The van der Waals surface area contributed by atoms with Crippen molar-refractivity contribution in [3.8, 4) is 0 Å². The van der Waals surface area contributed by atoms with E-state index < -0.39 is 65.9 Å². The van der Waals surface area contributed by atoms with Gasteiger partial charge in [-0.1, -0.05) is 20.8 Å². The van der Waals surface area contributed by atoms with Crippen molar-refractivity contribution in [3.63, 3.8) is 0 Å². The van der Waals surface area contributed by atoms with Crippen molar-refractivity contribution in [1.82, 2.24) is 30.4 Å². The molecule has 2 aliphatic rings. The number of ether oxygens (including phenoxy) is 3. The molecule has 15 nitrogen and oxygen atoms in total. The molecule has 0 spiro atoms. The van der Waals surface area contributed by atoms with Crippen molar-refractivity contribution in [2.75, 3.05) is 47.1 Å². The maximum atomic E-state index is 14.1. The van der Waals surface area contributed by atoms with Crippen LogP contribution in [0.5, 0.6) is 0 Å². The number of carboxylic acid groups (broad SMARTS) is 1. The standard InChI is InChI=1S/C34H47F3N6O9S2/c1-17(2)23(43(6)32(47)28(20-12-51-13-20)41-30(46)24-14-50-8-7-42(24)5)11-25(52-19(4)44)31-39-22(15-54-31)29(45)38-21(9-18(3)33(48)49)10-27-40-26(16-53-27)34(35,36)37/h15-18,20-21,23-25,28H,7-14H2,1-6H3,(H,38,45)(H,41,46)(H,48,49)/t18-,21+,23+,24+,25+,28-/m0/s1. The molecular weight excluding hydrogens is 758 g/mol. The van der Waals surface area contributed by atoms with Crippen LogP contribution in [0.2, 0.25) is 0 Å². The number of alkyl halides is 3. The maximum absolute atomic E-state index is 14.1. The number of amides is 3. The van der Waals surface area contributed by atoms with Gasteiger partial charge >= 0.3 is 18.1 Å². The van der Waals surface area contributed by atoms with Crippen LogP contribution in [0.15, 0.2) is 10.8 Å². The van der Waals surface area contributed by atoms with E-state index >= 15 is 0 Å². The van der Waals surface area contributed by atoms with Crippen LogP contribution in [0.3, 0.4) is 0 Å². The zero-order valence-corrected chi connectivity index (χ0v) is 32.5. The largest absolute Gasteiger partial charge is 0.481 e. The molecule has 4 rings (SSSR count). The molecule has 3 N–H and O–H groups in total. The molecule has 0 unspecified atom stereocenters. The van der Waals surface area contributed by atoms with Crippen LogP contribution in [-0.4, -0.2) is 126 Å². The molecule has 0 aliphatic carbocycles. The summed E-state index contributed by atoms with van der Waals surface area (Å²) in [7, 11) is 3.43. The van der Waals surface area contributed by atoms with Gasteiger partial charge < -0.3 is 34.9 Å². The number of carbonyl (C=O) groups excluding carboxylic acids is 4. The second-order valence-corrected chi connectivity index (χ2v) is 15.8. The van der Waals surface area contributed by atoms with E-state index in [4.69, 9.17) is 14.2 Å². The molecule has 0 radical (unpaired) electrons. The summed E-state index contributed by atoms with van der Waals surface area (Å²) in [6.07, 6.45) is -5.78. The summed E-state index contributed by atoms with van der Waals surface area (Å²) in [5, 5.41) is 17.7. The Morgan fingerprint density at radius 2 is 1.76 bits per heavy atom. The monoisotopic (exact) mass is 804 g/mol. The minimum Gasteiger partial charge on any atom is -0.481 e. The van der Waals surface area contributed by atoms with Gasteiger partial charge in [0.05, 0.1) is 37.4 Å². The molecule has 4 heterocycles. The van der Waals surface area contributed by atoms with E-state index in [9.17, 15) is 42.3 Å². The number of carboxylic acids is 1. The Hall–Kier alpha value is -3.72. The Morgan fingerprint density at radius 1 is 1.06 bits per heavy atom. The van der Waals surface area contributed by atoms with Crippen LogP contribution >= 0.6 is 22.7 Å². The lowest BCUT2D eigenvalue weighted by Gasteiger charge is -2.40. The lowest BCUT2D eigenvalue weighted by Crippen LogP contribution is -2.62. The summed E-state index contributed by atoms with van der Waals surface area (Å²) in [4.78, 5) is 76.2.